The van der Waals surface area contributed by atoms with Gasteiger partial charge in [-0.15, -0.1) is 15.3 Å². The molecule has 0 bridgehead atoms. The van der Waals surface area contributed by atoms with Crippen molar-refractivity contribution in [1.29, 1.82) is 0 Å². The summed E-state index contributed by atoms with van der Waals surface area (Å²) in [6, 6.07) is 7.29. The second kappa shape index (κ2) is 6.89. The third kappa shape index (κ3) is 3.45. The smallest absolute Gasteiger partial charge is 0.277 e. The first-order valence-corrected chi connectivity index (χ1v) is 8.10. The molecule has 0 atom stereocenters. The summed E-state index contributed by atoms with van der Waals surface area (Å²) in [5.41, 5.74) is 0.794. The van der Waals surface area contributed by atoms with Crippen molar-refractivity contribution in [2.24, 2.45) is 0 Å². The number of hydrogen-bond donors (Lipinski definition) is 0. The van der Waals surface area contributed by atoms with E-state index in [2.05, 4.69) is 32.6 Å². The van der Waals surface area contributed by atoms with Crippen LogP contribution in [0.3, 0.4) is 0 Å². The molecule has 9 heteroatoms. The fourth-order valence-corrected chi connectivity index (χ4v) is 2.73. The zero-order chi connectivity index (χ0) is 15.4. The van der Waals surface area contributed by atoms with Crippen molar-refractivity contribution >= 4 is 23.4 Å². The van der Waals surface area contributed by atoms with Gasteiger partial charge in [0.2, 0.25) is 5.89 Å². The summed E-state index contributed by atoms with van der Waals surface area (Å²) in [5, 5.41) is 20.8. The van der Waals surface area contributed by atoms with Gasteiger partial charge in [0.1, 0.15) is 0 Å². The van der Waals surface area contributed by atoms with E-state index in [1.807, 2.05) is 12.1 Å². The standard InChI is InChI=1S/C13H13ClN6OS/c1-2-6-20-11(15-18-19-20)8-22-13-17-16-12(21-13)9-4-3-5-10(14)7-9/h3-5,7H,2,6,8H2,1H3. The zero-order valence-corrected chi connectivity index (χ0v) is 13.4. The monoisotopic (exact) mass is 336 g/mol. The van der Waals surface area contributed by atoms with Gasteiger partial charge in [-0.25, -0.2) is 4.68 Å². The number of hydrogen-bond acceptors (Lipinski definition) is 7. The Morgan fingerprint density at radius 2 is 2.18 bits per heavy atom. The molecule has 0 radical (unpaired) electrons. The SMILES string of the molecule is CCCn1nnnc1CSc1nnc(-c2cccc(Cl)c2)o1. The summed E-state index contributed by atoms with van der Waals surface area (Å²) in [4.78, 5) is 0. The summed E-state index contributed by atoms with van der Waals surface area (Å²) in [7, 11) is 0. The van der Waals surface area contributed by atoms with Crippen LogP contribution in [0.25, 0.3) is 11.5 Å². The molecule has 114 valence electrons. The summed E-state index contributed by atoms with van der Waals surface area (Å²) >= 11 is 7.36. The molecule has 0 N–H and O–H groups in total. The van der Waals surface area contributed by atoms with Crippen molar-refractivity contribution in [1.82, 2.24) is 30.4 Å². The molecular formula is C13H13ClN6OS. The van der Waals surface area contributed by atoms with Crippen LogP contribution < -0.4 is 0 Å². The molecule has 3 aromatic rings. The van der Waals surface area contributed by atoms with Crippen LogP contribution in [0, 0.1) is 0 Å². The number of aryl methyl sites for hydroxylation is 1. The minimum Gasteiger partial charge on any atom is -0.411 e. The molecule has 2 aromatic heterocycles. The Labute approximate surface area is 136 Å². The first kappa shape index (κ1) is 15.0. The lowest BCUT2D eigenvalue weighted by Crippen LogP contribution is -2.04. The van der Waals surface area contributed by atoms with Gasteiger partial charge >= 0.3 is 0 Å². The summed E-state index contributed by atoms with van der Waals surface area (Å²) in [5.74, 6) is 1.80. The number of benzene rings is 1. The van der Waals surface area contributed by atoms with E-state index >= 15 is 0 Å². The molecule has 0 spiro atoms. The third-order valence-corrected chi connectivity index (χ3v) is 3.89. The van der Waals surface area contributed by atoms with E-state index in [1.165, 1.54) is 11.8 Å². The fourth-order valence-electron chi connectivity index (χ4n) is 1.84. The van der Waals surface area contributed by atoms with Gasteiger partial charge in [0.15, 0.2) is 5.82 Å². The molecular weight excluding hydrogens is 324 g/mol. The van der Waals surface area contributed by atoms with E-state index in [1.54, 1.807) is 16.8 Å². The highest BCUT2D eigenvalue weighted by Crippen LogP contribution is 2.26. The number of rotatable bonds is 6. The van der Waals surface area contributed by atoms with Gasteiger partial charge in [0, 0.05) is 17.1 Å². The van der Waals surface area contributed by atoms with E-state index in [-0.39, 0.29) is 0 Å². The first-order valence-electron chi connectivity index (χ1n) is 6.73. The maximum Gasteiger partial charge on any atom is 0.277 e. The van der Waals surface area contributed by atoms with Gasteiger partial charge in [0.25, 0.3) is 5.22 Å². The molecule has 0 saturated heterocycles. The molecule has 3 rings (SSSR count). The Morgan fingerprint density at radius 1 is 1.27 bits per heavy atom. The maximum atomic E-state index is 5.96. The van der Waals surface area contributed by atoms with Gasteiger partial charge < -0.3 is 4.42 Å². The van der Waals surface area contributed by atoms with Crippen molar-refractivity contribution < 1.29 is 4.42 Å². The highest BCUT2D eigenvalue weighted by atomic mass is 35.5. The molecule has 0 fully saturated rings. The molecule has 1 aromatic carbocycles. The third-order valence-electron chi connectivity index (χ3n) is 2.84. The summed E-state index contributed by atoms with van der Waals surface area (Å²) in [6.07, 6.45) is 0.974. The van der Waals surface area contributed by atoms with Crippen LogP contribution in [0.15, 0.2) is 33.9 Å². The van der Waals surface area contributed by atoms with Gasteiger partial charge in [-0.2, -0.15) is 0 Å². The summed E-state index contributed by atoms with van der Waals surface area (Å²) < 4.78 is 7.41. The molecule has 22 heavy (non-hydrogen) atoms. The Balaban J connectivity index is 1.68. The largest absolute Gasteiger partial charge is 0.411 e. The van der Waals surface area contributed by atoms with E-state index in [9.17, 15) is 0 Å². The molecule has 2 heterocycles. The predicted octanol–water partition coefficient (Wildman–Crippen LogP) is 3.08. The number of aromatic nitrogens is 6. The Bertz CT molecular complexity index is 758. The molecule has 0 aliphatic carbocycles. The normalized spacial score (nSPS) is 11.0. The van der Waals surface area contributed by atoms with E-state index < -0.39 is 0 Å². The van der Waals surface area contributed by atoms with Crippen molar-refractivity contribution in [3.05, 3.63) is 35.1 Å². The van der Waals surface area contributed by atoms with Crippen LogP contribution in [-0.4, -0.2) is 30.4 Å². The second-order valence-electron chi connectivity index (χ2n) is 4.49. The average Bonchev–Trinajstić information content (AvgIpc) is 3.15. The lowest BCUT2D eigenvalue weighted by molar-refractivity contribution is 0.465. The fraction of sp³-hybridized carbons (Fsp3) is 0.308. The molecule has 0 saturated carbocycles. The van der Waals surface area contributed by atoms with Gasteiger partial charge in [-0.1, -0.05) is 36.4 Å². The van der Waals surface area contributed by atoms with Crippen LogP contribution in [-0.2, 0) is 12.3 Å². The van der Waals surface area contributed by atoms with Crippen molar-refractivity contribution in [3.63, 3.8) is 0 Å². The first-order chi connectivity index (χ1) is 10.8. The quantitative estimate of drug-likeness (QED) is 0.639. The number of halogens is 1. The Kier molecular flexibility index (Phi) is 4.69. The molecule has 0 unspecified atom stereocenters. The van der Waals surface area contributed by atoms with E-state index in [0.717, 1.165) is 24.4 Å². The predicted molar refractivity (Wildman–Crippen MR) is 82.4 cm³/mol. The minimum absolute atomic E-state index is 0.443. The van der Waals surface area contributed by atoms with Crippen molar-refractivity contribution in [2.75, 3.05) is 0 Å². The second-order valence-corrected chi connectivity index (χ2v) is 5.85. The van der Waals surface area contributed by atoms with Crippen molar-refractivity contribution in [2.45, 2.75) is 30.9 Å². The van der Waals surface area contributed by atoms with Gasteiger partial charge in [0.05, 0.1) is 5.75 Å². The zero-order valence-electron chi connectivity index (χ0n) is 11.8. The highest BCUT2D eigenvalue weighted by molar-refractivity contribution is 7.98. The number of tetrazole rings is 1. The number of nitrogens with zero attached hydrogens (tertiary/aromatic N) is 6. The lowest BCUT2D eigenvalue weighted by Gasteiger charge is -2.00. The number of thioether (sulfide) groups is 1. The average molecular weight is 337 g/mol. The van der Waals surface area contributed by atoms with Crippen LogP contribution >= 0.6 is 23.4 Å². The lowest BCUT2D eigenvalue weighted by atomic mass is 10.2. The van der Waals surface area contributed by atoms with Crippen molar-refractivity contribution in [3.8, 4) is 11.5 Å². The highest BCUT2D eigenvalue weighted by Gasteiger charge is 2.12. The van der Waals surface area contributed by atoms with E-state index in [4.69, 9.17) is 16.0 Å². The summed E-state index contributed by atoms with van der Waals surface area (Å²) in [6.45, 7) is 2.87. The van der Waals surface area contributed by atoms with Gasteiger partial charge in [-0.3, -0.25) is 0 Å². The van der Waals surface area contributed by atoms with Crippen LogP contribution in [0.1, 0.15) is 19.2 Å². The molecule has 7 nitrogen and oxygen atoms in total. The minimum atomic E-state index is 0.443. The topological polar surface area (TPSA) is 82.5 Å². The molecule has 0 aliphatic rings. The molecule has 0 aliphatic heterocycles. The van der Waals surface area contributed by atoms with Gasteiger partial charge in [-0.05, 0) is 35.0 Å². The Hall–Kier alpha value is -1.93. The maximum absolute atomic E-state index is 5.96. The van der Waals surface area contributed by atoms with Crippen LogP contribution in [0.4, 0.5) is 0 Å². The van der Waals surface area contributed by atoms with Crippen LogP contribution in [0.2, 0.25) is 5.02 Å². The van der Waals surface area contributed by atoms with E-state index in [0.29, 0.717) is 21.9 Å². The molecule has 0 amide bonds. The van der Waals surface area contributed by atoms with Crippen LogP contribution in [0.5, 0.6) is 0 Å². The Morgan fingerprint density at radius 3 is 3.00 bits per heavy atom.